The molecule has 3 atom stereocenters. The number of nitrogens with one attached hydrogen (secondary N) is 2. The maximum absolute atomic E-state index is 5.91. The quantitative estimate of drug-likeness (QED) is 0.866. The van der Waals surface area contributed by atoms with Crippen molar-refractivity contribution >= 4 is 11.6 Å². The molecule has 2 bridgehead atoms. The van der Waals surface area contributed by atoms with Crippen molar-refractivity contribution in [3.8, 4) is 0 Å². The van der Waals surface area contributed by atoms with Gasteiger partial charge in [0.15, 0.2) is 0 Å². The van der Waals surface area contributed by atoms with Crippen molar-refractivity contribution in [2.45, 2.75) is 64.2 Å². The van der Waals surface area contributed by atoms with Crippen molar-refractivity contribution < 1.29 is 4.74 Å². The monoisotopic (exact) mass is 276 g/mol. The molecule has 5 nitrogen and oxygen atoms in total. The van der Waals surface area contributed by atoms with Crippen LogP contribution in [0.4, 0.5) is 11.6 Å². The Morgan fingerprint density at radius 3 is 2.70 bits per heavy atom. The minimum Gasteiger partial charge on any atom is -0.373 e. The Morgan fingerprint density at radius 1 is 1.30 bits per heavy atom. The van der Waals surface area contributed by atoms with E-state index < -0.39 is 0 Å². The number of ether oxygens (including phenoxy) is 1. The predicted octanol–water partition coefficient (Wildman–Crippen LogP) is 2.76. The maximum Gasteiger partial charge on any atom is 0.135 e. The van der Waals surface area contributed by atoms with Gasteiger partial charge in [0.25, 0.3) is 0 Å². The smallest absolute Gasteiger partial charge is 0.135 e. The molecule has 0 amide bonds. The minimum absolute atomic E-state index is 0.359. The van der Waals surface area contributed by atoms with Gasteiger partial charge in [0.1, 0.15) is 18.0 Å². The molecular weight excluding hydrogens is 252 g/mol. The molecule has 110 valence electrons. The van der Waals surface area contributed by atoms with E-state index in [0.29, 0.717) is 24.2 Å². The zero-order chi connectivity index (χ0) is 14.1. The summed E-state index contributed by atoms with van der Waals surface area (Å²) in [5, 5.41) is 6.94. The van der Waals surface area contributed by atoms with Crippen LogP contribution < -0.4 is 10.6 Å². The third-order valence-electron chi connectivity index (χ3n) is 4.23. The standard InChI is InChI=1S/C15H24N4O/c1-4-16-14-13(9(2)3)15(18-8-17-14)19-11-7-10-5-6-12(11)20-10/h8-12H,4-7H2,1-3H3,(H2,16,17,18,19). The normalized spacial score (nSPS) is 28.1. The Kier molecular flexibility index (Phi) is 3.78. The van der Waals surface area contributed by atoms with Crippen LogP contribution in [0.15, 0.2) is 6.33 Å². The highest BCUT2D eigenvalue weighted by atomic mass is 16.5. The summed E-state index contributed by atoms with van der Waals surface area (Å²) in [5.41, 5.74) is 1.18. The summed E-state index contributed by atoms with van der Waals surface area (Å²) in [4.78, 5) is 8.85. The molecule has 2 saturated heterocycles. The van der Waals surface area contributed by atoms with Gasteiger partial charge in [-0.1, -0.05) is 13.8 Å². The first-order valence-electron chi connectivity index (χ1n) is 7.69. The van der Waals surface area contributed by atoms with Crippen LogP contribution in [-0.4, -0.2) is 34.8 Å². The number of nitrogens with zero attached hydrogens (tertiary/aromatic N) is 2. The Labute approximate surface area is 120 Å². The topological polar surface area (TPSA) is 59.1 Å². The van der Waals surface area contributed by atoms with Gasteiger partial charge in [0, 0.05) is 12.1 Å². The van der Waals surface area contributed by atoms with Crippen LogP contribution in [0.5, 0.6) is 0 Å². The van der Waals surface area contributed by atoms with E-state index in [1.54, 1.807) is 6.33 Å². The predicted molar refractivity (Wildman–Crippen MR) is 80.2 cm³/mol. The van der Waals surface area contributed by atoms with Crippen LogP contribution in [0, 0.1) is 0 Å². The SMILES string of the molecule is CCNc1ncnc(NC2CC3CCC2O3)c1C(C)C. The second-order valence-electron chi connectivity index (χ2n) is 6.03. The van der Waals surface area contributed by atoms with Crippen molar-refractivity contribution in [1.29, 1.82) is 0 Å². The number of hydrogen-bond acceptors (Lipinski definition) is 5. The average Bonchev–Trinajstić information content (AvgIpc) is 3.01. The van der Waals surface area contributed by atoms with Gasteiger partial charge in [-0.25, -0.2) is 9.97 Å². The van der Waals surface area contributed by atoms with Gasteiger partial charge in [0.05, 0.1) is 18.2 Å². The Balaban J connectivity index is 1.83. The van der Waals surface area contributed by atoms with E-state index in [2.05, 4.69) is 41.4 Å². The van der Waals surface area contributed by atoms with Crippen LogP contribution in [-0.2, 0) is 4.74 Å². The first-order chi connectivity index (χ1) is 9.69. The van der Waals surface area contributed by atoms with E-state index >= 15 is 0 Å². The zero-order valence-corrected chi connectivity index (χ0v) is 12.5. The number of rotatable bonds is 5. The fourth-order valence-electron chi connectivity index (χ4n) is 3.33. The van der Waals surface area contributed by atoms with Crippen molar-refractivity contribution in [3.63, 3.8) is 0 Å². The van der Waals surface area contributed by atoms with Crippen molar-refractivity contribution in [1.82, 2.24) is 9.97 Å². The molecule has 0 spiro atoms. The molecule has 3 heterocycles. The molecule has 0 aliphatic carbocycles. The molecule has 20 heavy (non-hydrogen) atoms. The summed E-state index contributed by atoms with van der Waals surface area (Å²) in [7, 11) is 0. The van der Waals surface area contributed by atoms with Crippen molar-refractivity contribution in [3.05, 3.63) is 11.9 Å². The lowest BCUT2D eigenvalue weighted by atomic mass is 9.95. The van der Waals surface area contributed by atoms with Crippen molar-refractivity contribution in [2.75, 3.05) is 17.2 Å². The lowest BCUT2D eigenvalue weighted by Crippen LogP contribution is -2.31. The number of fused-ring (bicyclic) bond motifs is 2. The minimum atomic E-state index is 0.359. The lowest BCUT2D eigenvalue weighted by molar-refractivity contribution is 0.102. The summed E-state index contributed by atoms with van der Waals surface area (Å²) >= 11 is 0. The van der Waals surface area contributed by atoms with Crippen LogP contribution in [0.2, 0.25) is 0 Å². The molecule has 1 aromatic heterocycles. The summed E-state index contributed by atoms with van der Waals surface area (Å²) < 4.78 is 5.91. The fourth-order valence-corrected chi connectivity index (χ4v) is 3.33. The molecule has 0 saturated carbocycles. The summed E-state index contributed by atoms with van der Waals surface area (Å²) in [6.45, 7) is 7.32. The van der Waals surface area contributed by atoms with Gasteiger partial charge in [-0.3, -0.25) is 0 Å². The largest absolute Gasteiger partial charge is 0.373 e. The van der Waals surface area contributed by atoms with Gasteiger partial charge < -0.3 is 15.4 Å². The molecule has 2 N–H and O–H groups in total. The highest BCUT2D eigenvalue weighted by Gasteiger charge is 2.41. The Bertz CT molecular complexity index is 477. The second kappa shape index (κ2) is 5.56. The molecule has 2 fully saturated rings. The van der Waals surface area contributed by atoms with Gasteiger partial charge in [-0.15, -0.1) is 0 Å². The van der Waals surface area contributed by atoms with Crippen LogP contribution in [0.3, 0.4) is 0 Å². The van der Waals surface area contributed by atoms with Gasteiger partial charge in [0.2, 0.25) is 0 Å². The zero-order valence-electron chi connectivity index (χ0n) is 12.5. The van der Waals surface area contributed by atoms with Gasteiger partial charge in [-0.05, 0) is 32.1 Å². The summed E-state index contributed by atoms with van der Waals surface area (Å²) in [5.74, 6) is 2.29. The summed E-state index contributed by atoms with van der Waals surface area (Å²) in [6, 6.07) is 0.399. The van der Waals surface area contributed by atoms with Gasteiger partial charge >= 0.3 is 0 Å². The van der Waals surface area contributed by atoms with E-state index in [1.807, 2.05) is 0 Å². The van der Waals surface area contributed by atoms with E-state index in [-0.39, 0.29) is 0 Å². The third-order valence-corrected chi connectivity index (χ3v) is 4.23. The van der Waals surface area contributed by atoms with E-state index in [9.17, 15) is 0 Å². The molecule has 3 unspecified atom stereocenters. The number of hydrogen-bond donors (Lipinski definition) is 2. The number of anilines is 2. The molecule has 2 aliphatic heterocycles. The van der Waals surface area contributed by atoms with Crippen LogP contribution in [0.25, 0.3) is 0 Å². The van der Waals surface area contributed by atoms with Crippen LogP contribution in [0.1, 0.15) is 51.5 Å². The first-order valence-corrected chi connectivity index (χ1v) is 7.69. The lowest BCUT2D eigenvalue weighted by Gasteiger charge is -2.24. The number of aromatic nitrogens is 2. The van der Waals surface area contributed by atoms with Crippen LogP contribution >= 0.6 is 0 Å². The molecule has 5 heteroatoms. The fraction of sp³-hybridized carbons (Fsp3) is 0.733. The average molecular weight is 276 g/mol. The third kappa shape index (κ3) is 2.46. The maximum atomic E-state index is 5.91. The van der Waals surface area contributed by atoms with E-state index in [4.69, 9.17) is 4.74 Å². The Morgan fingerprint density at radius 2 is 2.10 bits per heavy atom. The molecule has 1 aromatic rings. The second-order valence-corrected chi connectivity index (χ2v) is 6.03. The van der Waals surface area contributed by atoms with E-state index in [0.717, 1.165) is 24.6 Å². The molecule has 0 aromatic carbocycles. The molecule has 2 aliphatic rings. The molecular formula is C15H24N4O. The van der Waals surface area contributed by atoms with Gasteiger partial charge in [-0.2, -0.15) is 0 Å². The summed E-state index contributed by atoms with van der Waals surface area (Å²) in [6.07, 6.45) is 5.94. The highest BCUT2D eigenvalue weighted by molar-refractivity contribution is 5.59. The molecule has 3 rings (SSSR count). The first kappa shape index (κ1) is 13.6. The Hall–Kier alpha value is -1.36. The molecule has 0 radical (unpaired) electrons. The van der Waals surface area contributed by atoms with Crippen molar-refractivity contribution in [2.24, 2.45) is 0 Å². The highest BCUT2D eigenvalue weighted by Crippen LogP contribution is 2.37. The van der Waals surface area contributed by atoms with E-state index in [1.165, 1.54) is 18.4 Å².